The Labute approximate surface area is 88.3 Å². The van der Waals surface area contributed by atoms with Crippen molar-refractivity contribution < 1.29 is 13.2 Å². The fraction of sp³-hybridized carbons (Fsp3) is 0.222. The van der Waals surface area contributed by atoms with Gasteiger partial charge in [0.2, 0.25) is 15.9 Å². The molecule has 0 bridgehead atoms. The van der Waals surface area contributed by atoms with E-state index in [9.17, 15) is 13.2 Å². The highest BCUT2D eigenvalue weighted by molar-refractivity contribution is 7.88. The molecule has 82 valence electrons. The van der Waals surface area contributed by atoms with Crippen LogP contribution in [0.5, 0.6) is 0 Å². The summed E-state index contributed by atoms with van der Waals surface area (Å²) in [6.45, 7) is 1.40. The SMILES string of the molecule is CC(=O)Nc1ccc(CS(N)(=O)=O)cc1. The Morgan fingerprint density at radius 1 is 1.33 bits per heavy atom. The molecule has 6 heteroatoms. The number of primary sulfonamides is 1. The van der Waals surface area contributed by atoms with E-state index in [1.807, 2.05) is 0 Å². The molecule has 1 aromatic rings. The number of amides is 1. The fourth-order valence-corrected chi connectivity index (χ4v) is 1.78. The lowest BCUT2D eigenvalue weighted by molar-refractivity contribution is -0.114. The molecule has 5 nitrogen and oxygen atoms in total. The van der Waals surface area contributed by atoms with Crippen LogP contribution in [0.2, 0.25) is 0 Å². The van der Waals surface area contributed by atoms with Crippen molar-refractivity contribution in [2.24, 2.45) is 5.14 Å². The first-order valence-corrected chi connectivity index (χ1v) is 5.95. The van der Waals surface area contributed by atoms with E-state index < -0.39 is 10.0 Å². The summed E-state index contributed by atoms with van der Waals surface area (Å²) < 4.78 is 21.5. The van der Waals surface area contributed by atoms with Crippen LogP contribution >= 0.6 is 0 Å². The topological polar surface area (TPSA) is 89.3 Å². The lowest BCUT2D eigenvalue weighted by Crippen LogP contribution is -2.14. The molecule has 0 unspecified atom stereocenters. The molecule has 0 spiro atoms. The number of rotatable bonds is 3. The molecule has 0 saturated carbocycles. The maximum absolute atomic E-state index is 10.8. The number of anilines is 1. The number of hydrogen-bond acceptors (Lipinski definition) is 3. The highest BCUT2D eigenvalue weighted by Gasteiger charge is 2.04. The minimum atomic E-state index is -3.50. The third-order valence-corrected chi connectivity index (χ3v) is 2.38. The maximum Gasteiger partial charge on any atom is 0.221 e. The predicted octanol–water partition coefficient (Wildman–Crippen LogP) is 0.433. The van der Waals surface area contributed by atoms with E-state index in [1.165, 1.54) is 6.92 Å². The van der Waals surface area contributed by atoms with Crippen LogP contribution in [0.25, 0.3) is 0 Å². The van der Waals surface area contributed by atoms with Crippen molar-refractivity contribution >= 4 is 21.6 Å². The molecule has 0 saturated heterocycles. The summed E-state index contributed by atoms with van der Waals surface area (Å²) in [7, 11) is -3.50. The Morgan fingerprint density at radius 3 is 2.27 bits per heavy atom. The smallest absolute Gasteiger partial charge is 0.221 e. The first-order valence-electron chi connectivity index (χ1n) is 4.24. The standard InChI is InChI=1S/C9H12N2O3S/c1-7(12)11-9-4-2-8(3-5-9)6-15(10,13)14/h2-5H,6H2,1H3,(H,11,12)(H2,10,13,14). The van der Waals surface area contributed by atoms with Crippen LogP contribution in [0.4, 0.5) is 5.69 Å². The van der Waals surface area contributed by atoms with Gasteiger partial charge in [-0.2, -0.15) is 0 Å². The lowest BCUT2D eigenvalue weighted by Gasteiger charge is -2.03. The van der Waals surface area contributed by atoms with Gasteiger partial charge in [0.05, 0.1) is 5.75 Å². The molecular weight excluding hydrogens is 216 g/mol. The second kappa shape index (κ2) is 4.41. The largest absolute Gasteiger partial charge is 0.326 e. The molecule has 3 N–H and O–H groups in total. The summed E-state index contributed by atoms with van der Waals surface area (Å²) in [4.78, 5) is 10.7. The van der Waals surface area contributed by atoms with Gasteiger partial charge in [-0.1, -0.05) is 12.1 Å². The summed E-state index contributed by atoms with van der Waals surface area (Å²) in [6.07, 6.45) is 0. The molecule has 0 fully saturated rings. The zero-order valence-corrected chi connectivity index (χ0v) is 9.04. The first kappa shape index (κ1) is 11.7. The van der Waals surface area contributed by atoms with Gasteiger partial charge in [0.15, 0.2) is 0 Å². The zero-order valence-electron chi connectivity index (χ0n) is 8.23. The maximum atomic E-state index is 10.8. The number of sulfonamides is 1. The Hall–Kier alpha value is -1.40. The third-order valence-electron chi connectivity index (χ3n) is 1.64. The minimum absolute atomic E-state index is 0.172. The minimum Gasteiger partial charge on any atom is -0.326 e. The molecule has 0 radical (unpaired) electrons. The number of carbonyl (C=O) groups is 1. The Kier molecular flexibility index (Phi) is 3.43. The van der Waals surface area contributed by atoms with E-state index in [2.05, 4.69) is 5.32 Å². The van der Waals surface area contributed by atoms with Crippen LogP contribution in [-0.2, 0) is 20.6 Å². The molecule has 1 amide bonds. The zero-order chi connectivity index (χ0) is 11.5. The molecule has 0 aliphatic heterocycles. The highest BCUT2D eigenvalue weighted by atomic mass is 32.2. The van der Waals surface area contributed by atoms with E-state index in [1.54, 1.807) is 24.3 Å². The molecule has 0 aliphatic rings. The van der Waals surface area contributed by atoms with Gasteiger partial charge in [-0.25, -0.2) is 13.6 Å². The second-order valence-electron chi connectivity index (χ2n) is 3.19. The van der Waals surface area contributed by atoms with Gasteiger partial charge in [-0.05, 0) is 17.7 Å². The molecule has 1 aromatic carbocycles. The fourth-order valence-electron chi connectivity index (χ4n) is 1.12. The van der Waals surface area contributed by atoms with Gasteiger partial charge in [-0.15, -0.1) is 0 Å². The van der Waals surface area contributed by atoms with Crippen molar-refractivity contribution in [3.05, 3.63) is 29.8 Å². The van der Waals surface area contributed by atoms with E-state index in [0.29, 0.717) is 11.3 Å². The molecule has 0 heterocycles. The summed E-state index contributed by atoms with van der Waals surface area (Å²) in [5, 5.41) is 7.46. The van der Waals surface area contributed by atoms with Crippen LogP contribution in [0, 0.1) is 0 Å². The molecule has 0 aliphatic carbocycles. The van der Waals surface area contributed by atoms with Crippen molar-refractivity contribution in [1.82, 2.24) is 0 Å². The summed E-state index contributed by atoms with van der Waals surface area (Å²) in [6, 6.07) is 6.47. The van der Waals surface area contributed by atoms with E-state index in [4.69, 9.17) is 5.14 Å². The molecular formula is C9H12N2O3S. The second-order valence-corrected chi connectivity index (χ2v) is 4.80. The van der Waals surface area contributed by atoms with Crippen molar-refractivity contribution in [2.75, 3.05) is 5.32 Å². The van der Waals surface area contributed by atoms with Crippen LogP contribution < -0.4 is 10.5 Å². The Balaban J connectivity index is 2.77. The lowest BCUT2D eigenvalue weighted by atomic mass is 10.2. The van der Waals surface area contributed by atoms with Gasteiger partial charge < -0.3 is 5.32 Å². The van der Waals surface area contributed by atoms with Crippen molar-refractivity contribution in [3.63, 3.8) is 0 Å². The van der Waals surface area contributed by atoms with Crippen LogP contribution in [0.1, 0.15) is 12.5 Å². The van der Waals surface area contributed by atoms with Gasteiger partial charge in [0.1, 0.15) is 0 Å². The number of nitrogens with two attached hydrogens (primary N) is 1. The quantitative estimate of drug-likeness (QED) is 0.786. The predicted molar refractivity (Wildman–Crippen MR) is 57.6 cm³/mol. The van der Waals surface area contributed by atoms with Crippen molar-refractivity contribution in [1.29, 1.82) is 0 Å². The van der Waals surface area contributed by atoms with Gasteiger partial charge in [-0.3, -0.25) is 4.79 Å². The van der Waals surface area contributed by atoms with Crippen molar-refractivity contribution in [2.45, 2.75) is 12.7 Å². The number of hydrogen-bond donors (Lipinski definition) is 2. The Bertz CT molecular complexity index is 451. The number of carbonyl (C=O) groups excluding carboxylic acids is 1. The Morgan fingerprint density at radius 2 is 1.87 bits per heavy atom. The number of benzene rings is 1. The first-order chi connectivity index (χ1) is 6.87. The van der Waals surface area contributed by atoms with Gasteiger partial charge >= 0.3 is 0 Å². The van der Waals surface area contributed by atoms with E-state index in [0.717, 1.165) is 0 Å². The van der Waals surface area contributed by atoms with E-state index in [-0.39, 0.29) is 11.7 Å². The highest BCUT2D eigenvalue weighted by Crippen LogP contribution is 2.10. The average Bonchev–Trinajstić information content (AvgIpc) is 2.05. The van der Waals surface area contributed by atoms with Crippen LogP contribution in [0.15, 0.2) is 24.3 Å². The van der Waals surface area contributed by atoms with Gasteiger partial charge in [0.25, 0.3) is 0 Å². The van der Waals surface area contributed by atoms with E-state index >= 15 is 0 Å². The molecule has 0 atom stereocenters. The monoisotopic (exact) mass is 228 g/mol. The van der Waals surface area contributed by atoms with Crippen molar-refractivity contribution in [3.8, 4) is 0 Å². The third kappa shape index (κ3) is 4.57. The average molecular weight is 228 g/mol. The summed E-state index contributed by atoms with van der Waals surface area (Å²) in [5.74, 6) is -0.373. The molecule has 15 heavy (non-hydrogen) atoms. The molecule has 1 rings (SSSR count). The van der Waals surface area contributed by atoms with Crippen LogP contribution in [0.3, 0.4) is 0 Å². The van der Waals surface area contributed by atoms with Crippen LogP contribution in [-0.4, -0.2) is 14.3 Å². The number of nitrogens with one attached hydrogen (secondary N) is 1. The molecule has 0 aromatic heterocycles. The summed E-state index contributed by atoms with van der Waals surface area (Å²) >= 11 is 0. The van der Waals surface area contributed by atoms with Gasteiger partial charge in [0, 0.05) is 12.6 Å². The normalized spacial score (nSPS) is 11.1. The summed E-state index contributed by atoms with van der Waals surface area (Å²) in [5.41, 5.74) is 1.22.